The van der Waals surface area contributed by atoms with Gasteiger partial charge >= 0.3 is 5.97 Å². The largest absolute Gasteiger partial charge is 0.481 e. The van der Waals surface area contributed by atoms with Gasteiger partial charge in [0.2, 0.25) is 0 Å². The van der Waals surface area contributed by atoms with Gasteiger partial charge in [-0.3, -0.25) is 9.59 Å². The molecule has 1 fully saturated rings. The number of Topliss-reactive ketones (excluding diaryl/α,β-unsaturated/α-hetero) is 1. The molecule has 1 heterocycles. The molecule has 2 atom stereocenters. The number of aliphatic carboxylic acids is 1. The van der Waals surface area contributed by atoms with Crippen LogP contribution in [0.25, 0.3) is 22.5 Å². The van der Waals surface area contributed by atoms with Crippen LogP contribution in [0.1, 0.15) is 72.1 Å². The first kappa shape index (κ1) is 29.7. The maximum absolute atomic E-state index is 13.5. The van der Waals surface area contributed by atoms with E-state index in [4.69, 9.17) is 9.26 Å². The highest BCUT2D eigenvalue weighted by atomic mass is 16.5. The number of ketones is 1. The van der Waals surface area contributed by atoms with Crippen LogP contribution in [0.3, 0.4) is 0 Å². The van der Waals surface area contributed by atoms with E-state index < -0.39 is 29.8 Å². The number of aromatic nitrogens is 1. The van der Waals surface area contributed by atoms with Crippen molar-refractivity contribution in [3.63, 3.8) is 0 Å². The summed E-state index contributed by atoms with van der Waals surface area (Å²) in [6.07, 6.45) is 2.20. The molecule has 2 N–H and O–H groups in total. The van der Waals surface area contributed by atoms with Crippen molar-refractivity contribution in [2.75, 3.05) is 0 Å². The second kappa shape index (κ2) is 12.1. The van der Waals surface area contributed by atoms with Gasteiger partial charge in [-0.05, 0) is 91.1 Å². The highest BCUT2D eigenvalue weighted by Gasteiger charge is 2.61. The molecule has 7 rings (SSSR count). The van der Waals surface area contributed by atoms with E-state index in [2.05, 4.69) is 5.16 Å². The highest BCUT2D eigenvalue weighted by Crippen LogP contribution is 2.68. The zero-order valence-electron chi connectivity index (χ0n) is 25.6. The molecule has 232 valence electrons. The quantitative estimate of drug-likeness (QED) is 0.136. The molecule has 0 amide bonds. The van der Waals surface area contributed by atoms with Gasteiger partial charge in [-0.25, -0.2) is 0 Å². The van der Waals surface area contributed by atoms with Crippen LogP contribution in [0, 0.1) is 6.92 Å². The van der Waals surface area contributed by atoms with Crippen LogP contribution in [-0.4, -0.2) is 27.1 Å². The van der Waals surface area contributed by atoms with Gasteiger partial charge in [0.15, 0.2) is 11.5 Å². The summed E-state index contributed by atoms with van der Waals surface area (Å²) in [6, 6.07) is 31.6. The highest BCUT2D eigenvalue weighted by molar-refractivity contribution is 6.04. The maximum atomic E-state index is 13.5. The van der Waals surface area contributed by atoms with E-state index in [0.717, 1.165) is 70.6 Å². The number of aliphatic hydroxyl groups excluding tert-OH is 1. The molecule has 1 aromatic heterocycles. The lowest BCUT2D eigenvalue weighted by Crippen LogP contribution is -2.24. The number of fused-ring (bicyclic) bond motifs is 3. The fraction of sp³-hybridized carbons (Fsp3) is 0.256. The lowest BCUT2D eigenvalue weighted by Gasteiger charge is -2.19. The van der Waals surface area contributed by atoms with Crippen molar-refractivity contribution in [1.29, 1.82) is 0 Å². The second-order valence-corrected chi connectivity index (χ2v) is 12.4. The minimum absolute atomic E-state index is 0.301. The van der Waals surface area contributed by atoms with Crippen molar-refractivity contribution in [3.05, 3.63) is 125 Å². The standard InChI is InChI=1S/C39H35NO6/c1-24-34(31(41)14-8-9-25-15-17-28(18-16-25)45-27-12-6-3-7-13-27)38(46-40-24)35-30-20-19-29(26-10-4-2-5-11-26)37(35)39(21-22-39)36(30)32(42)23-33(43)44/h2-7,10-13,15-20,31,36,41H,8-9,14,21-23H2,1H3,(H,43,44). The Bertz CT molecular complexity index is 1890. The van der Waals surface area contributed by atoms with E-state index in [-0.39, 0.29) is 5.78 Å². The topological polar surface area (TPSA) is 110 Å². The number of hydrogen-bond acceptors (Lipinski definition) is 6. The van der Waals surface area contributed by atoms with Crippen LogP contribution in [-0.2, 0) is 21.4 Å². The van der Waals surface area contributed by atoms with Crippen LogP contribution in [0.5, 0.6) is 11.5 Å². The maximum Gasteiger partial charge on any atom is 0.310 e. The van der Waals surface area contributed by atoms with E-state index in [1.165, 1.54) is 0 Å². The average Bonchev–Trinajstić information content (AvgIpc) is 3.71. The number of hydrogen-bond donors (Lipinski definition) is 2. The van der Waals surface area contributed by atoms with Gasteiger partial charge in [-0.2, -0.15) is 0 Å². The van der Waals surface area contributed by atoms with Crippen LogP contribution in [0.2, 0.25) is 0 Å². The van der Waals surface area contributed by atoms with Gasteiger partial charge in [0.25, 0.3) is 0 Å². The number of carbonyl (C=O) groups excluding carboxylic acids is 1. The molecular formula is C39H35NO6. The molecule has 5 aromatic rings. The monoisotopic (exact) mass is 613 g/mol. The van der Waals surface area contributed by atoms with E-state index in [1.54, 1.807) is 0 Å². The Hall–Kier alpha value is -5.01. The second-order valence-electron chi connectivity index (χ2n) is 12.4. The molecule has 0 aliphatic heterocycles. The Labute approximate surface area is 267 Å². The Balaban J connectivity index is 1.16. The third-order valence-electron chi connectivity index (χ3n) is 9.43. The molecule has 7 heteroatoms. The molecule has 1 spiro atoms. The van der Waals surface area contributed by atoms with Crippen molar-refractivity contribution in [3.8, 4) is 33.9 Å². The van der Waals surface area contributed by atoms with Gasteiger partial charge < -0.3 is 19.5 Å². The summed E-state index contributed by atoms with van der Waals surface area (Å²) in [5, 5.41) is 25.4. The number of rotatable bonds is 12. The Morgan fingerprint density at radius 3 is 2.28 bits per heavy atom. The summed E-state index contributed by atoms with van der Waals surface area (Å²) in [6.45, 7) is 1.83. The molecule has 2 unspecified atom stereocenters. The van der Waals surface area contributed by atoms with Gasteiger partial charge in [-0.1, -0.05) is 78.0 Å². The number of nitrogens with zero attached hydrogens (tertiary/aromatic N) is 1. The van der Waals surface area contributed by atoms with Gasteiger partial charge in [-0.15, -0.1) is 0 Å². The number of para-hydroxylation sites is 1. The normalized spacial score (nSPS) is 16.3. The molecule has 0 radical (unpaired) electrons. The third kappa shape index (κ3) is 5.41. The summed E-state index contributed by atoms with van der Waals surface area (Å²) >= 11 is 0. The van der Waals surface area contributed by atoms with Gasteiger partial charge in [0.05, 0.1) is 23.3 Å². The molecule has 7 nitrogen and oxygen atoms in total. The number of carbonyl (C=O) groups is 2. The molecule has 0 saturated heterocycles. The molecule has 2 bridgehead atoms. The number of aliphatic hydroxyl groups is 1. The summed E-state index contributed by atoms with van der Waals surface area (Å²) in [7, 11) is 0. The fourth-order valence-electron chi connectivity index (χ4n) is 7.27. The van der Waals surface area contributed by atoms with Crippen LogP contribution in [0.15, 0.2) is 102 Å². The smallest absolute Gasteiger partial charge is 0.310 e. The predicted molar refractivity (Wildman–Crippen MR) is 174 cm³/mol. The van der Waals surface area contributed by atoms with E-state index >= 15 is 0 Å². The SMILES string of the molecule is Cc1noc(-c2c3ccc(-c4ccccc4)c2C2(CC2)C3C(=O)CC(=O)O)c1C(O)CCCc1ccc(Oc2ccccc2)cc1. The first-order chi connectivity index (χ1) is 22.4. The van der Waals surface area contributed by atoms with Crippen LogP contribution < -0.4 is 4.74 Å². The number of ether oxygens (including phenoxy) is 1. The predicted octanol–water partition coefficient (Wildman–Crippen LogP) is 8.34. The number of benzene rings is 4. The Morgan fingerprint density at radius 1 is 0.935 bits per heavy atom. The van der Waals surface area contributed by atoms with E-state index in [9.17, 15) is 19.8 Å². The first-order valence-electron chi connectivity index (χ1n) is 15.8. The van der Waals surface area contributed by atoms with Crippen molar-refractivity contribution in [1.82, 2.24) is 5.16 Å². The molecule has 46 heavy (non-hydrogen) atoms. The summed E-state index contributed by atoms with van der Waals surface area (Å²) < 4.78 is 11.9. The zero-order valence-corrected chi connectivity index (χ0v) is 25.6. The molecule has 2 aliphatic carbocycles. The van der Waals surface area contributed by atoms with Gasteiger partial charge in [0.1, 0.15) is 17.9 Å². The van der Waals surface area contributed by atoms with Gasteiger partial charge in [0, 0.05) is 11.0 Å². The minimum Gasteiger partial charge on any atom is -0.481 e. The summed E-state index contributed by atoms with van der Waals surface area (Å²) in [5.74, 6) is 0.0270. The average molecular weight is 614 g/mol. The molecular weight excluding hydrogens is 578 g/mol. The lowest BCUT2D eigenvalue weighted by atomic mass is 9.81. The van der Waals surface area contributed by atoms with Crippen molar-refractivity contribution in [2.45, 2.75) is 62.9 Å². The Kier molecular flexibility index (Phi) is 7.79. The van der Waals surface area contributed by atoms with E-state index in [0.29, 0.717) is 23.4 Å². The van der Waals surface area contributed by atoms with Crippen molar-refractivity contribution in [2.24, 2.45) is 0 Å². The lowest BCUT2D eigenvalue weighted by molar-refractivity contribution is -0.140. The number of aryl methyl sites for hydroxylation is 2. The van der Waals surface area contributed by atoms with E-state index in [1.807, 2.05) is 104 Å². The first-order valence-corrected chi connectivity index (χ1v) is 15.8. The Morgan fingerprint density at radius 2 is 1.61 bits per heavy atom. The molecule has 2 aliphatic rings. The van der Waals surface area contributed by atoms with Crippen molar-refractivity contribution < 1.29 is 29.1 Å². The summed E-state index contributed by atoms with van der Waals surface area (Å²) in [5.41, 5.74) is 6.45. The number of carboxylic acid groups (broad SMARTS) is 1. The minimum atomic E-state index is -1.13. The number of carboxylic acids is 1. The molecule has 1 saturated carbocycles. The fourth-order valence-corrected chi connectivity index (χ4v) is 7.27. The third-order valence-corrected chi connectivity index (χ3v) is 9.43. The van der Waals surface area contributed by atoms with Crippen molar-refractivity contribution >= 4 is 11.8 Å². The zero-order chi connectivity index (χ0) is 31.8. The summed E-state index contributed by atoms with van der Waals surface area (Å²) in [4.78, 5) is 25.1. The molecule has 4 aromatic carbocycles. The van der Waals surface area contributed by atoms with Crippen LogP contribution in [0.4, 0.5) is 0 Å². The van der Waals surface area contributed by atoms with Crippen LogP contribution >= 0.6 is 0 Å².